The number of aromatic hydroxyl groups is 1. The Morgan fingerprint density at radius 1 is 1.04 bits per heavy atom. The molecule has 0 spiro atoms. The number of phenolic OH excluding ortho intramolecular Hbond substituents is 1. The second-order valence-electron chi connectivity index (χ2n) is 7.41. The van der Waals surface area contributed by atoms with Gasteiger partial charge in [0.2, 0.25) is 0 Å². The van der Waals surface area contributed by atoms with E-state index in [0.29, 0.717) is 5.75 Å². The Kier molecular flexibility index (Phi) is 7.20. The summed E-state index contributed by atoms with van der Waals surface area (Å²) >= 11 is 0. The summed E-state index contributed by atoms with van der Waals surface area (Å²) < 4.78 is 0. The van der Waals surface area contributed by atoms with Gasteiger partial charge in [0.25, 0.3) is 0 Å². The molecule has 1 unspecified atom stereocenters. The number of benzene rings is 1. The number of aryl methyl sites for hydroxylation is 1. The fraction of sp³-hybridized carbons (Fsp3) is 0.636. The summed E-state index contributed by atoms with van der Waals surface area (Å²) in [6, 6.07) is 3.86. The van der Waals surface area contributed by atoms with E-state index in [1.54, 1.807) is 0 Å². The second-order valence-corrected chi connectivity index (χ2v) is 7.41. The smallest absolute Gasteiger partial charge is 0.119 e. The summed E-state index contributed by atoms with van der Waals surface area (Å²) in [5.41, 5.74) is 5.20. The molecule has 1 atom stereocenters. The Bertz CT molecular complexity index is 527. The predicted molar refractivity (Wildman–Crippen MR) is 100 cm³/mol. The summed E-state index contributed by atoms with van der Waals surface area (Å²) in [6.45, 7) is 6.54. The molecule has 0 heterocycles. The lowest BCUT2D eigenvalue weighted by Gasteiger charge is -2.13. The van der Waals surface area contributed by atoms with Crippen molar-refractivity contribution in [3.8, 4) is 5.75 Å². The molecular formula is C22H34O. The number of unbranched alkanes of at least 4 members (excludes halogenated alkanes) is 5. The van der Waals surface area contributed by atoms with Crippen LogP contribution in [-0.2, 0) is 6.42 Å². The average molecular weight is 315 g/mol. The molecule has 1 nitrogen and oxygen atoms in total. The number of phenols is 1. The van der Waals surface area contributed by atoms with Crippen LogP contribution in [0.4, 0.5) is 0 Å². The van der Waals surface area contributed by atoms with Crippen LogP contribution in [-0.4, -0.2) is 5.11 Å². The zero-order chi connectivity index (χ0) is 16.7. The van der Waals surface area contributed by atoms with Crippen molar-refractivity contribution < 1.29 is 5.11 Å². The summed E-state index contributed by atoms with van der Waals surface area (Å²) in [5, 5.41) is 10.2. The monoisotopic (exact) mass is 314 g/mol. The van der Waals surface area contributed by atoms with Gasteiger partial charge in [-0.25, -0.2) is 0 Å². The largest absolute Gasteiger partial charge is 0.508 e. The maximum absolute atomic E-state index is 10.2. The van der Waals surface area contributed by atoms with Gasteiger partial charge < -0.3 is 5.11 Å². The third-order valence-corrected chi connectivity index (χ3v) is 5.51. The van der Waals surface area contributed by atoms with Gasteiger partial charge in [-0.05, 0) is 62.6 Å². The Morgan fingerprint density at radius 3 is 2.57 bits per heavy atom. The highest BCUT2D eigenvalue weighted by atomic mass is 16.3. The lowest BCUT2D eigenvalue weighted by atomic mass is 9.93. The zero-order valence-corrected chi connectivity index (χ0v) is 15.3. The lowest BCUT2D eigenvalue weighted by Crippen LogP contribution is -1.99. The summed E-state index contributed by atoms with van der Waals surface area (Å²) in [5.74, 6) is 1.32. The third-order valence-electron chi connectivity index (χ3n) is 5.51. The highest BCUT2D eigenvalue weighted by molar-refractivity contribution is 5.45. The topological polar surface area (TPSA) is 20.2 Å². The van der Waals surface area contributed by atoms with Crippen molar-refractivity contribution in [2.45, 2.75) is 85.0 Å². The molecule has 0 aromatic heterocycles. The van der Waals surface area contributed by atoms with Crippen LogP contribution >= 0.6 is 0 Å². The van der Waals surface area contributed by atoms with Crippen LogP contribution in [0.1, 0.15) is 81.4 Å². The van der Waals surface area contributed by atoms with Crippen molar-refractivity contribution in [3.63, 3.8) is 0 Å². The molecule has 1 aromatic rings. The molecule has 1 N–H and O–H groups in total. The Hall–Kier alpha value is -1.24. The van der Waals surface area contributed by atoms with E-state index in [1.165, 1.54) is 74.5 Å². The van der Waals surface area contributed by atoms with E-state index in [-0.39, 0.29) is 0 Å². The fourth-order valence-electron chi connectivity index (χ4n) is 3.76. The van der Waals surface area contributed by atoms with Crippen LogP contribution < -0.4 is 0 Å². The lowest BCUT2D eigenvalue weighted by molar-refractivity contribution is 0.462. The predicted octanol–water partition coefficient (Wildman–Crippen LogP) is 6.64. The molecule has 1 aliphatic carbocycles. The molecule has 1 heteroatoms. The number of allylic oxidation sites excluding steroid dienone is 2. The third kappa shape index (κ3) is 5.41. The molecule has 1 aromatic carbocycles. The highest BCUT2D eigenvalue weighted by Crippen LogP contribution is 2.34. The van der Waals surface area contributed by atoms with Gasteiger partial charge in [0, 0.05) is 5.56 Å². The fourth-order valence-corrected chi connectivity index (χ4v) is 3.76. The zero-order valence-electron chi connectivity index (χ0n) is 15.3. The van der Waals surface area contributed by atoms with E-state index in [9.17, 15) is 5.11 Å². The minimum atomic E-state index is 0.466. The molecule has 0 amide bonds. The Labute approximate surface area is 142 Å². The Morgan fingerprint density at radius 2 is 1.78 bits per heavy atom. The van der Waals surface area contributed by atoms with Gasteiger partial charge in [0.05, 0.1) is 0 Å². The molecule has 128 valence electrons. The molecule has 0 fully saturated rings. The summed E-state index contributed by atoms with van der Waals surface area (Å²) in [7, 11) is 0. The van der Waals surface area contributed by atoms with E-state index in [1.807, 2.05) is 12.1 Å². The van der Waals surface area contributed by atoms with Crippen molar-refractivity contribution in [1.82, 2.24) is 0 Å². The van der Waals surface area contributed by atoms with Crippen LogP contribution in [0, 0.1) is 19.8 Å². The number of hydrogen-bond donors (Lipinski definition) is 1. The van der Waals surface area contributed by atoms with E-state index in [0.717, 1.165) is 17.9 Å². The molecule has 1 aliphatic rings. The van der Waals surface area contributed by atoms with Crippen LogP contribution in [0.5, 0.6) is 5.75 Å². The van der Waals surface area contributed by atoms with E-state index in [4.69, 9.17) is 0 Å². The van der Waals surface area contributed by atoms with Gasteiger partial charge in [0.1, 0.15) is 5.75 Å². The van der Waals surface area contributed by atoms with E-state index < -0.39 is 0 Å². The maximum Gasteiger partial charge on any atom is 0.119 e. The molecular weight excluding hydrogens is 280 g/mol. The number of rotatable bonds is 9. The first-order valence-electron chi connectivity index (χ1n) is 9.57. The first-order valence-corrected chi connectivity index (χ1v) is 9.57. The van der Waals surface area contributed by atoms with Crippen LogP contribution in [0.15, 0.2) is 23.8 Å². The minimum absolute atomic E-state index is 0.466. The number of hydrogen-bond acceptors (Lipinski definition) is 1. The van der Waals surface area contributed by atoms with Gasteiger partial charge in [-0.2, -0.15) is 0 Å². The molecule has 0 saturated carbocycles. The van der Waals surface area contributed by atoms with Gasteiger partial charge in [-0.1, -0.05) is 63.2 Å². The van der Waals surface area contributed by atoms with Crippen molar-refractivity contribution in [1.29, 1.82) is 0 Å². The van der Waals surface area contributed by atoms with Crippen molar-refractivity contribution in [2.24, 2.45) is 5.92 Å². The average Bonchev–Trinajstić information content (AvgIpc) is 2.99. The standard InChI is InChI=1S/C22H34O/c1-4-5-6-7-8-9-10-19-12-13-20(15-19)16-21-18(3)17(2)11-14-22(21)23/h11,13-14,19,23H,4-10,12,15-16H2,1-3H3. The van der Waals surface area contributed by atoms with Crippen molar-refractivity contribution in [3.05, 3.63) is 40.5 Å². The van der Waals surface area contributed by atoms with E-state index in [2.05, 4.69) is 26.8 Å². The molecule has 23 heavy (non-hydrogen) atoms. The van der Waals surface area contributed by atoms with Crippen LogP contribution in [0.2, 0.25) is 0 Å². The minimum Gasteiger partial charge on any atom is -0.508 e. The van der Waals surface area contributed by atoms with Crippen molar-refractivity contribution >= 4 is 0 Å². The van der Waals surface area contributed by atoms with Gasteiger partial charge in [-0.15, -0.1) is 0 Å². The van der Waals surface area contributed by atoms with Crippen LogP contribution in [0.25, 0.3) is 0 Å². The quantitative estimate of drug-likeness (QED) is 0.400. The van der Waals surface area contributed by atoms with Gasteiger partial charge in [0.15, 0.2) is 0 Å². The second kappa shape index (κ2) is 9.15. The van der Waals surface area contributed by atoms with Gasteiger partial charge >= 0.3 is 0 Å². The maximum atomic E-state index is 10.2. The Balaban J connectivity index is 1.74. The normalized spacial score (nSPS) is 17.5. The molecule has 0 bridgehead atoms. The summed E-state index contributed by atoms with van der Waals surface area (Å²) in [4.78, 5) is 0. The highest BCUT2D eigenvalue weighted by Gasteiger charge is 2.18. The first kappa shape index (κ1) is 18.1. The molecule has 0 saturated heterocycles. The van der Waals surface area contributed by atoms with Crippen LogP contribution in [0.3, 0.4) is 0 Å². The first-order chi connectivity index (χ1) is 11.1. The summed E-state index contributed by atoms with van der Waals surface area (Å²) in [6.07, 6.45) is 15.6. The molecule has 2 rings (SSSR count). The molecule has 0 radical (unpaired) electrons. The van der Waals surface area contributed by atoms with Crippen molar-refractivity contribution in [2.75, 3.05) is 0 Å². The SMILES string of the molecule is CCCCCCCCC1CC=C(Cc2c(O)ccc(C)c2C)C1. The van der Waals surface area contributed by atoms with Gasteiger partial charge in [-0.3, -0.25) is 0 Å². The molecule has 0 aliphatic heterocycles. The van der Waals surface area contributed by atoms with E-state index >= 15 is 0 Å².